The van der Waals surface area contributed by atoms with Gasteiger partial charge in [0.2, 0.25) is 10.0 Å². The summed E-state index contributed by atoms with van der Waals surface area (Å²) in [6.07, 6.45) is 6.04. The van der Waals surface area contributed by atoms with E-state index in [9.17, 15) is 8.42 Å². The lowest BCUT2D eigenvalue weighted by molar-refractivity contribution is 0.382. The molecule has 1 aromatic rings. The van der Waals surface area contributed by atoms with Crippen LogP contribution in [0.1, 0.15) is 25.7 Å². The molecule has 2 aliphatic carbocycles. The second kappa shape index (κ2) is 4.76. The van der Waals surface area contributed by atoms with E-state index in [1.165, 1.54) is 18.3 Å². The lowest BCUT2D eigenvalue weighted by atomic mass is 10.4. The highest BCUT2D eigenvalue weighted by molar-refractivity contribution is 7.89. The van der Waals surface area contributed by atoms with Gasteiger partial charge in [-0.2, -0.15) is 4.31 Å². The molecule has 0 aliphatic heterocycles. The molecule has 0 saturated heterocycles. The van der Waals surface area contributed by atoms with Crippen LogP contribution in [0.5, 0.6) is 0 Å². The fourth-order valence-electron chi connectivity index (χ4n) is 2.19. The first-order chi connectivity index (χ1) is 9.05. The van der Waals surface area contributed by atoms with Crippen molar-refractivity contribution in [3.63, 3.8) is 0 Å². The van der Waals surface area contributed by atoms with E-state index < -0.39 is 10.0 Å². The zero-order chi connectivity index (χ0) is 13.5. The van der Waals surface area contributed by atoms with Crippen LogP contribution >= 0.6 is 0 Å². The van der Waals surface area contributed by atoms with Gasteiger partial charge in [-0.25, -0.2) is 13.4 Å². The van der Waals surface area contributed by atoms with Gasteiger partial charge in [0.25, 0.3) is 0 Å². The van der Waals surface area contributed by atoms with E-state index >= 15 is 0 Å². The molecule has 104 valence electrons. The summed E-state index contributed by atoms with van der Waals surface area (Å²) in [5, 5.41) is 0. The Balaban J connectivity index is 1.85. The minimum atomic E-state index is -3.42. The Labute approximate surface area is 113 Å². The number of nitrogens with zero attached hydrogens (tertiary/aromatic N) is 2. The van der Waals surface area contributed by atoms with Crippen LogP contribution in [0, 0.1) is 11.8 Å². The molecule has 1 aromatic heterocycles. The number of pyridine rings is 1. The normalized spacial score (nSPS) is 19.8. The van der Waals surface area contributed by atoms with Crippen LogP contribution in [0.25, 0.3) is 0 Å². The Morgan fingerprint density at radius 1 is 1.21 bits per heavy atom. The Morgan fingerprint density at radius 3 is 2.26 bits per heavy atom. The minimum absolute atomic E-state index is 0.249. The van der Waals surface area contributed by atoms with Crippen molar-refractivity contribution >= 4 is 15.8 Å². The van der Waals surface area contributed by atoms with Gasteiger partial charge in [0, 0.05) is 25.4 Å². The van der Waals surface area contributed by atoms with Gasteiger partial charge in [0.05, 0.1) is 4.90 Å². The second-order valence-corrected chi connectivity index (χ2v) is 7.56. The number of hydrogen-bond acceptors (Lipinski definition) is 4. The lowest BCUT2D eigenvalue weighted by Crippen LogP contribution is -2.34. The summed E-state index contributed by atoms with van der Waals surface area (Å²) in [6.45, 7) is 1.31. The third kappa shape index (κ3) is 3.06. The SMILES string of the molecule is Nc1cc(S(=O)(=O)N(CC2CC2)CC2CC2)ccn1. The first-order valence-corrected chi connectivity index (χ1v) is 8.21. The summed E-state index contributed by atoms with van der Waals surface area (Å²) in [5.74, 6) is 1.35. The molecule has 5 nitrogen and oxygen atoms in total. The summed E-state index contributed by atoms with van der Waals surface area (Å²) >= 11 is 0. The highest BCUT2D eigenvalue weighted by Crippen LogP contribution is 2.35. The van der Waals surface area contributed by atoms with E-state index in [2.05, 4.69) is 4.98 Å². The van der Waals surface area contributed by atoms with Gasteiger partial charge in [0.1, 0.15) is 5.82 Å². The average Bonchev–Trinajstić information content (AvgIpc) is 3.23. The number of hydrogen-bond donors (Lipinski definition) is 1. The summed E-state index contributed by atoms with van der Waals surface area (Å²) in [7, 11) is -3.42. The number of aromatic nitrogens is 1. The fourth-order valence-corrected chi connectivity index (χ4v) is 3.80. The largest absolute Gasteiger partial charge is 0.384 e. The monoisotopic (exact) mass is 281 g/mol. The van der Waals surface area contributed by atoms with Gasteiger partial charge in [0.15, 0.2) is 0 Å². The van der Waals surface area contributed by atoms with Crippen molar-refractivity contribution < 1.29 is 8.42 Å². The molecule has 0 bridgehead atoms. The van der Waals surface area contributed by atoms with Crippen LogP contribution in [-0.2, 0) is 10.0 Å². The standard InChI is InChI=1S/C13H19N3O2S/c14-13-7-12(5-6-15-13)19(17,18)16(8-10-1-2-10)9-11-3-4-11/h5-7,10-11H,1-4,8-9H2,(H2,14,15). The van der Waals surface area contributed by atoms with Crippen molar-refractivity contribution in [1.29, 1.82) is 0 Å². The van der Waals surface area contributed by atoms with Gasteiger partial charge < -0.3 is 5.73 Å². The zero-order valence-corrected chi connectivity index (χ0v) is 11.6. The fraction of sp³-hybridized carbons (Fsp3) is 0.615. The van der Waals surface area contributed by atoms with E-state index in [0.717, 1.165) is 25.7 Å². The first-order valence-electron chi connectivity index (χ1n) is 6.77. The van der Waals surface area contributed by atoms with Gasteiger partial charge in [-0.3, -0.25) is 0 Å². The van der Waals surface area contributed by atoms with Gasteiger partial charge >= 0.3 is 0 Å². The maximum absolute atomic E-state index is 12.7. The molecule has 6 heteroatoms. The predicted molar refractivity (Wildman–Crippen MR) is 72.9 cm³/mol. The molecular formula is C13H19N3O2S. The highest BCUT2D eigenvalue weighted by Gasteiger charge is 2.35. The highest BCUT2D eigenvalue weighted by atomic mass is 32.2. The predicted octanol–water partition coefficient (Wildman–Crippen LogP) is 1.47. The third-order valence-electron chi connectivity index (χ3n) is 3.71. The summed E-state index contributed by atoms with van der Waals surface area (Å²) < 4.78 is 27.0. The van der Waals surface area contributed by atoms with E-state index in [1.807, 2.05) is 0 Å². The van der Waals surface area contributed by atoms with Crippen LogP contribution in [0.2, 0.25) is 0 Å². The minimum Gasteiger partial charge on any atom is -0.384 e. The second-order valence-electron chi connectivity index (χ2n) is 5.63. The molecule has 3 rings (SSSR count). The number of rotatable bonds is 6. The van der Waals surface area contributed by atoms with Gasteiger partial charge in [-0.1, -0.05) is 0 Å². The summed E-state index contributed by atoms with van der Waals surface area (Å²) in [5.41, 5.74) is 5.59. The average molecular weight is 281 g/mol. The number of nitrogens with two attached hydrogens (primary N) is 1. The molecule has 2 fully saturated rings. The smallest absolute Gasteiger partial charge is 0.243 e. The molecule has 0 radical (unpaired) electrons. The van der Waals surface area contributed by atoms with E-state index in [-0.39, 0.29) is 10.7 Å². The molecule has 0 unspecified atom stereocenters. The Kier molecular flexibility index (Phi) is 3.22. The molecule has 19 heavy (non-hydrogen) atoms. The van der Waals surface area contributed by atoms with Crippen molar-refractivity contribution in [2.75, 3.05) is 18.8 Å². The quantitative estimate of drug-likeness (QED) is 0.856. The molecule has 0 atom stereocenters. The molecule has 0 aromatic carbocycles. The number of sulfonamides is 1. The Bertz CT molecular complexity index is 551. The van der Waals surface area contributed by atoms with Crippen LogP contribution in [0.15, 0.2) is 23.2 Å². The molecule has 2 aliphatic rings. The molecule has 0 amide bonds. The summed E-state index contributed by atoms with van der Waals surface area (Å²) in [6, 6.07) is 2.97. The van der Waals surface area contributed by atoms with Crippen LogP contribution in [-0.4, -0.2) is 30.8 Å². The maximum Gasteiger partial charge on any atom is 0.243 e. The Morgan fingerprint density at radius 2 is 1.79 bits per heavy atom. The van der Waals surface area contributed by atoms with Crippen molar-refractivity contribution in [3.8, 4) is 0 Å². The maximum atomic E-state index is 12.7. The third-order valence-corrected chi connectivity index (χ3v) is 5.54. The molecular weight excluding hydrogens is 262 g/mol. The van der Waals surface area contributed by atoms with Crippen LogP contribution < -0.4 is 5.73 Å². The topological polar surface area (TPSA) is 76.3 Å². The van der Waals surface area contributed by atoms with Gasteiger partial charge in [-0.15, -0.1) is 0 Å². The summed E-state index contributed by atoms with van der Waals surface area (Å²) in [4.78, 5) is 4.12. The first kappa shape index (κ1) is 12.9. The van der Waals surface area contributed by atoms with Crippen molar-refractivity contribution in [3.05, 3.63) is 18.3 Å². The Hall–Kier alpha value is -1.14. The van der Waals surface area contributed by atoms with Crippen molar-refractivity contribution in [2.24, 2.45) is 11.8 Å². The number of anilines is 1. The lowest BCUT2D eigenvalue weighted by Gasteiger charge is -2.22. The van der Waals surface area contributed by atoms with E-state index in [0.29, 0.717) is 24.9 Å². The molecule has 1 heterocycles. The van der Waals surface area contributed by atoms with Crippen molar-refractivity contribution in [1.82, 2.24) is 9.29 Å². The van der Waals surface area contributed by atoms with Gasteiger partial charge in [-0.05, 0) is 43.6 Å². The van der Waals surface area contributed by atoms with E-state index in [1.54, 1.807) is 4.31 Å². The molecule has 0 spiro atoms. The van der Waals surface area contributed by atoms with Crippen LogP contribution in [0.3, 0.4) is 0 Å². The zero-order valence-electron chi connectivity index (χ0n) is 10.8. The van der Waals surface area contributed by atoms with Crippen molar-refractivity contribution in [2.45, 2.75) is 30.6 Å². The van der Waals surface area contributed by atoms with E-state index in [4.69, 9.17) is 5.73 Å². The number of nitrogen functional groups attached to an aromatic ring is 1. The molecule has 2 N–H and O–H groups in total. The van der Waals surface area contributed by atoms with Crippen LogP contribution in [0.4, 0.5) is 5.82 Å². The molecule has 2 saturated carbocycles.